The average molecular weight is 474 g/mol. The minimum absolute atomic E-state index is 0.00118. The van der Waals surface area contributed by atoms with E-state index in [0.29, 0.717) is 34.9 Å². The summed E-state index contributed by atoms with van der Waals surface area (Å²) < 4.78 is 20.9. The Morgan fingerprint density at radius 3 is 2.52 bits per heavy atom. The molecule has 0 aliphatic heterocycles. The predicted molar refractivity (Wildman–Crippen MR) is 125 cm³/mol. The zero-order valence-corrected chi connectivity index (χ0v) is 20.0. The van der Waals surface area contributed by atoms with E-state index in [1.165, 1.54) is 31.6 Å². The largest absolute Gasteiger partial charge is 0.493 e. The maximum absolute atomic E-state index is 12.6. The van der Waals surface area contributed by atoms with Crippen LogP contribution in [0.3, 0.4) is 0 Å². The first-order valence-corrected chi connectivity index (χ1v) is 11.3. The van der Waals surface area contributed by atoms with Gasteiger partial charge in [-0.2, -0.15) is 0 Å². The second-order valence-electron chi connectivity index (χ2n) is 7.65. The summed E-state index contributed by atoms with van der Waals surface area (Å²) >= 11 is 1.28. The van der Waals surface area contributed by atoms with Crippen LogP contribution in [0, 0.1) is 0 Å². The second-order valence-corrected chi connectivity index (χ2v) is 8.75. The first-order valence-electron chi connectivity index (χ1n) is 10.4. The Kier molecular flexibility index (Phi) is 7.75. The molecule has 9 heteroatoms. The number of amides is 1. The number of fused-ring (bicyclic) bond motifs is 1. The maximum Gasteiger partial charge on any atom is 0.341 e. The lowest BCUT2D eigenvalue weighted by Gasteiger charge is -2.13. The number of hydrogen-bond donors (Lipinski definition) is 1. The minimum Gasteiger partial charge on any atom is -0.493 e. The topological polar surface area (TPSA) is 100 Å². The molecule has 1 unspecified atom stereocenters. The first-order chi connectivity index (χ1) is 15.8. The number of carbonyl (C=O) groups is 3. The monoisotopic (exact) mass is 473 g/mol. The number of methoxy groups -OCH3 is 3. The molecular formula is C24H27NO7S. The molecule has 1 N–H and O–H groups in total. The Morgan fingerprint density at radius 2 is 1.88 bits per heavy atom. The minimum atomic E-state index is -0.604. The molecule has 1 aliphatic carbocycles. The van der Waals surface area contributed by atoms with Gasteiger partial charge in [-0.05, 0) is 56.0 Å². The number of thiophene rings is 1. The molecule has 1 heterocycles. The number of rotatable bonds is 8. The van der Waals surface area contributed by atoms with Gasteiger partial charge in [0.05, 0.1) is 38.9 Å². The van der Waals surface area contributed by atoms with Crippen LogP contribution < -0.4 is 14.8 Å². The third-order valence-corrected chi connectivity index (χ3v) is 6.30. The van der Waals surface area contributed by atoms with Crippen molar-refractivity contribution >= 4 is 40.3 Å². The van der Waals surface area contributed by atoms with Crippen LogP contribution in [0.5, 0.6) is 11.5 Å². The molecular weight excluding hydrogens is 446 g/mol. The molecule has 0 fully saturated rings. The first kappa shape index (κ1) is 24.3. The molecule has 1 amide bonds. The quantitative estimate of drug-likeness (QED) is 0.453. The van der Waals surface area contributed by atoms with Crippen molar-refractivity contribution in [2.75, 3.05) is 26.6 Å². The van der Waals surface area contributed by atoms with E-state index in [9.17, 15) is 14.4 Å². The fourth-order valence-corrected chi connectivity index (χ4v) is 4.97. The molecule has 8 nitrogen and oxygen atoms in total. The molecule has 0 saturated heterocycles. The molecule has 0 saturated carbocycles. The van der Waals surface area contributed by atoms with Crippen LogP contribution in [-0.2, 0) is 25.5 Å². The number of benzene rings is 1. The van der Waals surface area contributed by atoms with Crippen LogP contribution in [0.1, 0.15) is 52.5 Å². The summed E-state index contributed by atoms with van der Waals surface area (Å²) in [5, 5.41) is 3.11. The van der Waals surface area contributed by atoms with Gasteiger partial charge in [0.25, 0.3) is 0 Å². The van der Waals surface area contributed by atoms with Crippen molar-refractivity contribution in [1.29, 1.82) is 0 Å². The van der Waals surface area contributed by atoms with Gasteiger partial charge >= 0.3 is 11.9 Å². The van der Waals surface area contributed by atoms with Gasteiger partial charge in [-0.3, -0.25) is 9.59 Å². The maximum atomic E-state index is 12.6. The van der Waals surface area contributed by atoms with E-state index >= 15 is 0 Å². The molecule has 176 valence electrons. The summed E-state index contributed by atoms with van der Waals surface area (Å²) in [5.41, 5.74) is 1.54. The van der Waals surface area contributed by atoms with Crippen molar-refractivity contribution in [3.05, 3.63) is 45.8 Å². The number of carbonyl (C=O) groups excluding carboxylic acids is 3. The van der Waals surface area contributed by atoms with Crippen molar-refractivity contribution in [2.45, 2.75) is 38.7 Å². The Labute approximate surface area is 196 Å². The predicted octanol–water partition coefficient (Wildman–Crippen LogP) is 4.19. The van der Waals surface area contributed by atoms with Crippen molar-refractivity contribution < 1.29 is 33.3 Å². The third kappa shape index (κ3) is 5.36. The van der Waals surface area contributed by atoms with E-state index in [1.807, 2.05) is 19.9 Å². The van der Waals surface area contributed by atoms with Gasteiger partial charge in [-0.15, -0.1) is 11.3 Å². The fraction of sp³-hybridized carbons (Fsp3) is 0.375. The molecule has 0 radical (unpaired) electrons. The lowest BCUT2D eigenvalue weighted by molar-refractivity contribution is -0.142. The van der Waals surface area contributed by atoms with Gasteiger partial charge < -0.3 is 24.3 Å². The smallest absolute Gasteiger partial charge is 0.341 e. The van der Waals surface area contributed by atoms with E-state index < -0.39 is 23.8 Å². The van der Waals surface area contributed by atoms with Crippen molar-refractivity contribution in [1.82, 2.24) is 0 Å². The number of ether oxygens (including phenoxy) is 4. The number of nitrogens with one attached hydrogen (secondary N) is 1. The van der Waals surface area contributed by atoms with Gasteiger partial charge in [0.15, 0.2) is 11.5 Å². The molecule has 1 aliphatic rings. The molecule has 3 rings (SSSR count). The highest BCUT2D eigenvalue weighted by molar-refractivity contribution is 7.17. The molecule has 0 spiro atoms. The zero-order chi connectivity index (χ0) is 24.1. The van der Waals surface area contributed by atoms with Crippen LogP contribution >= 0.6 is 11.3 Å². The third-order valence-electron chi connectivity index (χ3n) is 5.12. The highest BCUT2D eigenvalue weighted by atomic mass is 32.1. The normalized spacial score (nSPS) is 14.8. The summed E-state index contributed by atoms with van der Waals surface area (Å²) in [5.74, 6) is -0.805. The van der Waals surface area contributed by atoms with E-state index in [4.69, 9.17) is 18.9 Å². The number of hydrogen-bond acceptors (Lipinski definition) is 8. The summed E-state index contributed by atoms with van der Waals surface area (Å²) in [6.07, 6.45) is 4.18. The number of esters is 2. The Hall–Kier alpha value is -3.33. The van der Waals surface area contributed by atoms with Gasteiger partial charge in [0, 0.05) is 11.0 Å². The van der Waals surface area contributed by atoms with Gasteiger partial charge in [0.2, 0.25) is 5.91 Å². The Balaban J connectivity index is 1.82. The number of aryl methyl sites for hydroxylation is 1. The molecule has 1 aromatic carbocycles. The number of anilines is 1. The van der Waals surface area contributed by atoms with Gasteiger partial charge in [0.1, 0.15) is 5.00 Å². The molecule has 1 aromatic heterocycles. The summed E-state index contributed by atoms with van der Waals surface area (Å²) in [4.78, 5) is 38.2. The van der Waals surface area contributed by atoms with E-state index in [-0.39, 0.29) is 11.7 Å². The van der Waals surface area contributed by atoms with Crippen LogP contribution in [-0.4, -0.2) is 45.3 Å². The summed E-state index contributed by atoms with van der Waals surface area (Å²) in [6.45, 7) is 3.85. The Morgan fingerprint density at radius 1 is 1.12 bits per heavy atom. The molecule has 0 bridgehead atoms. The zero-order valence-electron chi connectivity index (χ0n) is 19.2. The van der Waals surface area contributed by atoms with Crippen LogP contribution in [0.15, 0.2) is 24.3 Å². The van der Waals surface area contributed by atoms with Gasteiger partial charge in [-0.1, -0.05) is 6.07 Å². The van der Waals surface area contributed by atoms with Crippen LogP contribution in [0.25, 0.3) is 6.08 Å². The molecule has 1 atom stereocenters. The highest BCUT2D eigenvalue weighted by Gasteiger charge is 2.38. The second kappa shape index (κ2) is 10.5. The van der Waals surface area contributed by atoms with Crippen LogP contribution in [0.2, 0.25) is 0 Å². The molecule has 2 aromatic rings. The lowest BCUT2D eigenvalue weighted by Crippen LogP contribution is -2.16. The van der Waals surface area contributed by atoms with Crippen LogP contribution in [0.4, 0.5) is 5.00 Å². The summed E-state index contributed by atoms with van der Waals surface area (Å²) in [6, 6.07) is 5.36. The van der Waals surface area contributed by atoms with E-state index in [0.717, 1.165) is 10.4 Å². The van der Waals surface area contributed by atoms with Crippen molar-refractivity contribution in [3.8, 4) is 11.5 Å². The lowest BCUT2D eigenvalue weighted by atomic mass is 9.99. The fourth-order valence-electron chi connectivity index (χ4n) is 3.70. The molecule has 33 heavy (non-hydrogen) atoms. The average Bonchev–Trinajstić information content (AvgIpc) is 3.35. The SMILES string of the molecule is COC(=O)c1c(NC(=O)/C=C/c2ccc(OC(C)C)c(OC)c2)sc2c1C(C(=O)OC)CC2. The summed E-state index contributed by atoms with van der Waals surface area (Å²) in [7, 11) is 4.13. The van der Waals surface area contributed by atoms with Gasteiger partial charge in [-0.25, -0.2) is 4.79 Å². The van der Waals surface area contributed by atoms with Crippen molar-refractivity contribution in [3.63, 3.8) is 0 Å². The standard InChI is InChI=1S/C24H27NO7S/c1-13(2)32-16-9-6-14(12-17(16)29-3)7-11-19(26)25-22-21(24(28)31-5)20-15(23(27)30-4)8-10-18(20)33-22/h6-7,9,11-13,15H,8,10H2,1-5H3,(H,25,26)/b11-7+. The van der Waals surface area contributed by atoms with Crippen molar-refractivity contribution in [2.24, 2.45) is 0 Å². The van der Waals surface area contributed by atoms with E-state index in [2.05, 4.69) is 5.32 Å². The Bertz CT molecular complexity index is 1090. The highest BCUT2D eigenvalue weighted by Crippen LogP contribution is 2.45. The van der Waals surface area contributed by atoms with E-state index in [1.54, 1.807) is 25.3 Å².